The van der Waals surface area contributed by atoms with E-state index in [0.29, 0.717) is 22.9 Å². The quantitative estimate of drug-likeness (QED) is 0.638. The van der Waals surface area contributed by atoms with Gasteiger partial charge in [0.25, 0.3) is 11.6 Å². The molecule has 0 saturated carbocycles. The van der Waals surface area contributed by atoms with Crippen molar-refractivity contribution in [2.45, 2.75) is 26.5 Å². The Morgan fingerprint density at radius 1 is 1.33 bits per heavy atom. The largest absolute Gasteiger partial charge is 0.481 e. The molecule has 0 saturated heterocycles. The molecule has 6 nitrogen and oxygen atoms in total. The summed E-state index contributed by atoms with van der Waals surface area (Å²) in [5.74, 6) is 0.101. The summed E-state index contributed by atoms with van der Waals surface area (Å²) in [6.45, 7) is 3.53. The van der Waals surface area contributed by atoms with Crippen molar-refractivity contribution in [1.82, 2.24) is 5.32 Å². The van der Waals surface area contributed by atoms with Crippen molar-refractivity contribution in [3.05, 3.63) is 68.7 Å². The molecule has 0 bridgehead atoms. The van der Waals surface area contributed by atoms with E-state index in [4.69, 9.17) is 16.3 Å². The van der Waals surface area contributed by atoms with Crippen LogP contribution in [-0.2, 0) is 11.3 Å². The molecule has 0 aliphatic heterocycles. The molecule has 0 heterocycles. The molecule has 2 aromatic carbocycles. The van der Waals surface area contributed by atoms with Gasteiger partial charge in [-0.25, -0.2) is 0 Å². The summed E-state index contributed by atoms with van der Waals surface area (Å²) in [6, 6.07) is 11.6. The first-order valence-electron chi connectivity index (χ1n) is 7.31. The van der Waals surface area contributed by atoms with Crippen LogP contribution >= 0.6 is 11.6 Å². The lowest BCUT2D eigenvalue weighted by molar-refractivity contribution is -0.385. The van der Waals surface area contributed by atoms with Gasteiger partial charge in [0.15, 0.2) is 6.10 Å². The first kappa shape index (κ1) is 17.7. The van der Waals surface area contributed by atoms with E-state index in [2.05, 4.69) is 5.32 Å². The summed E-state index contributed by atoms with van der Waals surface area (Å²) in [4.78, 5) is 22.4. The normalized spacial score (nSPS) is 11.6. The lowest BCUT2D eigenvalue weighted by Gasteiger charge is -2.15. The Morgan fingerprint density at radius 2 is 2.04 bits per heavy atom. The summed E-state index contributed by atoms with van der Waals surface area (Å²) in [5.41, 5.74) is 1.30. The van der Waals surface area contributed by atoms with Gasteiger partial charge in [-0.2, -0.15) is 0 Å². The minimum absolute atomic E-state index is 0.0122. The van der Waals surface area contributed by atoms with E-state index in [1.165, 1.54) is 18.2 Å². The van der Waals surface area contributed by atoms with Gasteiger partial charge >= 0.3 is 0 Å². The van der Waals surface area contributed by atoms with Gasteiger partial charge in [-0.1, -0.05) is 29.8 Å². The number of hydrogen-bond acceptors (Lipinski definition) is 4. The second kappa shape index (κ2) is 7.79. The van der Waals surface area contributed by atoms with Gasteiger partial charge in [-0.15, -0.1) is 0 Å². The molecule has 7 heteroatoms. The number of nitro benzene ring substituents is 1. The first-order chi connectivity index (χ1) is 11.4. The van der Waals surface area contributed by atoms with Crippen molar-refractivity contribution >= 4 is 23.2 Å². The van der Waals surface area contributed by atoms with E-state index in [1.54, 1.807) is 19.9 Å². The Bertz CT molecular complexity index is 764. The number of ether oxygens (including phenoxy) is 1. The van der Waals surface area contributed by atoms with Crippen LogP contribution in [-0.4, -0.2) is 16.9 Å². The molecule has 0 spiro atoms. The number of amides is 1. The second-order valence-corrected chi connectivity index (χ2v) is 5.68. The fourth-order valence-electron chi connectivity index (χ4n) is 2.13. The van der Waals surface area contributed by atoms with Crippen LogP contribution in [0.5, 0.6) is 5.75 Å². The predicted octanol–water partition coefficient (Wildman–Crippen LogP) is 3.64. The van der Waals surface area contributed by atoms with Crippen molar-refractivity contribution in [2.24, 2.45) is 0 Å². The number of carbonyl (C=O) groups excluding carboxylic acids is 1. The first-order valence-corrected chi connectivity index (χ1v) is 7.69. The van der Waals surface area contributed by atoms with E-state index in [0.717, 1.165) is 5.56 Å². The van der Waals surface area contributed by atoms with E-state index >= 15 is 0 Å². The van der Waals surface area contributed by atoms with E-state index in [-0.39, 0.29) is 11.6 Å². The van der Waals surface area contributed by atoms with E-state index in [9.17, 15) is 14.9 Å². The van der Waals surface area contributed by atoms with Crippen molar-refractivity contribution in [3.8, 4) is 5.75 Å². The van der Waals surface area contributed by atoms with Gasteiger partial charge in [0.2, 0.25) is 0 Å². The van der Waals surface area contributed by atoms with Crippen LogP contribution in [0.1, 0.15) is 18.1 Å². The third-order valence-electron chi connectivity index (χ3n) is 3.46. The molecule has 1 amide bonds. The molecule has 0 aromatic heterocycles. The summed E-state index contributed by atoms with van der Waals surface area (Å²) < 4.78 is 5.54. The number of nitro groups is 1. The van der Waals surface area contributed by atoms with Gasteiger partial charge < -0.3 is 10.1 Å². The number of nitrogens with one attached hydrogen (secondary N) is 1. The van der Waals surface area contributed by atoms with Crippen LogP contribution in [0.25, 0.3) is 0 Å². The Morgan fingerprint density at radius 3 is 2.67 bits per heavy atom. The standard InChI is InChI=1S/C17H17ClN2O4/c1-11-9-14(7-8-16(11)20(22)23)24-12(2)17(21)19-10-13-5-3-4-6-15(13)18/h3-9,12H,10H2,1-2H3,(H,19,21)/t12-/m0/s1. The molecule has 2 rings (SSSR count). The maximum Gasteiger partial charge on any atom is 0.272 e. The van der Waals surface area contributed by atoms with Gasteiger partial charge in [0.1, 0.15) is 5.75 Å². The summed E-state index contributed by atoms with van der Waals surface area (Å²) in [7, 11) is 0. The van der Waals surface area contributed by atoms with Crippen LogP contribution in [0.4, 0.5) is 5.69 Å². The van der Waals surface area contributed by atoms with Crippen molar-refractivity contribution in [2.75, 3.05) is 0 Å². The molecule has 126 valence electrons. The highest BCUT2D eigenvalue weighted by Crippen LogP contribution is 2.23. The highest BCUT2D eigenvalue weighted by molar-refractivity contribution is 6.31. The van der Waals surface area contributed by atoms with Gasteiger partial charge in [-0.05, 0) is 37.6 Å². The molecule has 0 aliphatic rings. The lowest BCUT2D eigenvalue weighted by atomic mass is 10.2. The van der Waals surface area contributed by atoms with Crippen LogP contribution in [0.3, 0.4) is 0 Å². The van der Waals surface area contributed by atoms with E-state index in [1.807, 2.05) is 18.2 Å². The number of rotatable bonds is 6. The molecule has 0 aliphatic carbocycles. The van der Waals surface area contributed by atoms with Crippen LogP contribution in [0.15, 0.2) is 42.5 Å². The van der Waals surface area contributed by atoms with Crippen LogP contribution in [0.2, 0.25) is 5.02 Å². The molecule has 0 radical (unpaired) electrons. The molecular formula is C17H17ClN2O4. The third-order valence-corrected chi connectivity index (χ3v) is 3.83. The smallest absolute Gasteiger partial charge is 0.272 e. The highest BCUT2D eigenvalue weighted by Gasteiger charge is 2.17. The number of benzene rings is 2. The molecule has 2 aromatic rings. The Kier molecular flexibility index (Phi) is 5.76. The molecule has 0 fully saturated rings. The fraction of sp³-hybridized carbons (Fsp3) is 0.235. The van der Waals surface area contributed by atoms with Gasteiger partial charge in [0.05, 0.1) is 4.92 Å². The average Bonchev–Trinajstić information content (AvgIpc) is 2.53. The Hall–Kier alpha value is -2.60. The number of aryl methyl sites for hydroxylation is 1. The minimum atomic E-state index is -0.742. The fourth-order valence-corrected chi connectivity index (χ4v) is 2.33. The number of halogens is 1. The molecule has 0 unspecified atom stereocenters. The number of nitrogens with zero attached hydrogens (tertiary/aromatic N) is 1. The van der Waals surface area contributed by atoms with Crippen molar-refractivity contribution in [1.29, 1.82) is 0 Å². The number of hydrogen-bond donors (Lipinski definition) is 1. The SMILES string of the molecule is Cc1cc(O[C@@H](C)C(=O)NCc2ccccc2Cl)ccc1[N+](=O)[O-]. The van der Waals surface area contributed by atoms with Gasteiger partial charge in [-0.3, -0.25) is 14.9 Å². The highest BCUT2D eigenvalue weighted by atomic mass is 35.5. The topological polar surface area (TPSA) is 81.5 Å². The molecule has 1 N–H and O–H groups in total. The maximum absolute atomic E-state index is 12.1. The maximum atomic E-state index is 12.1. The molecule has 1 atom stereocenters. The predicted molar refractivity (Wildman–Crippen MR) is 91.2 cm³/mol. The van der Waals surface area contributed by atoms with Crippen molar-refractivity contribution in [3.63, 3.8) is 0 Å². The van der Waals surface area contributed by atoms with Gasteiger partial charge in [0, 0.05) is 23.2 Å². The van der Waals surface area contributed by atoms with Crippen molar-refractivity contribution < 1.29 is 14.5 Å². The zero-order valence-corrected chi connectivity index (χ0v) is 14.0. The summed E-state index contributed by atoms with van der Waals surface area (Å²) in [5, 5.41) is 14.1. The second-order valence-electron chi connectivity index (χ2n) is 5.27. The minimum Gasteiger partial charge on any atom is -0.481 e. The van der Waals surface area contributed by atoms with E-state index < -0.39 is 11.0 Å². The number of carbonyl (C=O) groups is 1. The zero-order valence-electron chi connectivity index (χ0n) is 13.3. The lowest BCUT2D eigenvalue weighted by Crippen LogP contribution is -2.35. The molecule has 24 heavy (non-hydrogen) atoms. The van der Waals surface area contributed by atoms with Crippen LogP contribution in [0, 0.1) is 17.0 Å². The summed E-state index contributed by atoms with van der Waals surface area (Å²) >= 11 is 6.04. The van der Waals surface area contributed by atoms with Crippen LogP contribution < -0.4 is 10.1 Å². The third kappa shape index (κ3) is 4.45. The summed E-state index contributed by atoms with van der Waals surface area (Å²) in [6.07, 6.45) is -0.742. The average molecular weight is 349 g/mol. The zero-order chi connectivity index (χ0) is 17.7. The Balaban J connectivity index is 1.95. The molecular weight excluding hydrogens is 332 g/mol. The monoisotopic (exact) mass is 348 g/mol. The Labute approximate surface area is 144 Å².